The molecule has 0 bridgehead atoms. The maximum Gasteiger partial charge on any atom is 0.135 e. The minimum atomic E-state index is 0.746. The SMILES string of the molecule is Cc1sccc1Cn1ncc(I)c1N. The van der Waals surface area contributed by atoms with Crippen molar-refractivity contribution in [3.8, 4) is 0 Å². The molecule has 0 unspecified atom stereocenters. The van der Waals surface area contributed by atoms with Gasteiger partial charge in [0.05, 0.1) is 16.3 Å². The second-order valence-corrected chi connectivity index (χ2v) is 5.32. The maximum atomic E-state index is 5.87. The van der Waals surface area contributed by atoms with Crippen LogP contribution in [0.1, 0.15) is 10.4 Å². The molecule has 0 radical (unpaired) electrons. The zero-order valence-electron chi connectivity index (χ0n) is 7.70. The van der Waals surface area contributed by atoms with Crippen LogP contribution in [0.25, 0.3) is 0 Å². The fourth-order valence-electron chi connectivity index (χ4n) is 1.23. The summed E-state index contributed by atoms with van der Waals surface area (Å²) in [4.78, 5) is 1.33. The molecule has 0 saturated heterocycles. The summed E-state index contributed by atoms with van der Waals surface area (Å²) in [6.45, 7) is 2.88. The third-order valence-electron chi connectivity index (χ3n) is 2.12. The van der Waals surface area contributed by atoms with E-state index in [1.807, 2.05) is 4.68 Å². The molecule has 0 amide bonds. The number of anilines is 1. The van der Waals surface area contributed by atoms with E-state index in [4.69, 9.17) is 5.73 Å². The van der Waals surface area contributed by atoms with E-state index in [9.17, 15) is 0 Å². The highest BCUT2D eigenvalue weighted by Crippen LogP contribution is 2.19. The minimum Gasteiger partial charge on any atom is -0.383 e. The average Bonchev–Trinajstić information content (AvgIpc) is 2.68. The Kier molecular flexibility index (Phi) is 2.78. The summed E-state index contributed by atoms with van der Waals surface area (Å²) in [7, 11) is 0. The van der Waals surface area contributed by atoms with Gasteiger partial charge in [-0.25, -0.2) is 4.68 Å². The quantitative estimate of drug-likeness (QED) is 0.865. The molecule has 0 fully saturated rings. The van der Waals surface area contributed by atoms with Gasteiger partial charge < -0.3 is 5.73 Å². The Morgan fingerprint density at radius 2 is 2.43 bits per heavy atom. The van der Waals surface area contributed by atoms with Crippen LogP contribution >= 0.6 is 33.9 Å². The van der Waals surface area contributed by atoms with Crippen molar-refractivity contribution in [3.63, 3.8) is 0 Å². The molecule has 0 saturated carbocycles. The van der Waals surface area contributed by atoms with Crippen LogP contribution in [0.5, 0.6) is 0 Å². The van der Waals surface area contributed by atoms with Crippen molar-refractivity contribution in [2.75, 3.05) is 5.73 Å². The van der Waals surface area contributed by atoms with E-state index >= 15 is 0 Å². The fraction of sp³-hybridized carbons (Fsp3) is 0.222. The Hall–Kier alpha value is -0.560. The zero-order chi connectivity index (χ0) is 10.1. The van der Waals surface area contributed by atoms with E-state index in [1.54, 1.807) is 17.5 Å². The fourth-order valence-corrected chi connectivity index (χ4v) is 2.36. The highest BCUT2D eigenvalue weighted by Gasteiger charge is 2.06. The molecule has 0 aliphatic rings. The molecule has 0 aromatic carbocycles. The molecule has 5 heteroatoms. The summed E-state index contributed by atoms with van der Waals surface area (Å²) >= 11 is 3.94. The molecule has 3 nitrogen and oxygen atoms in total. The van der Waals surface area contributed by atoms with E-state index in [-0.39, 0.29) is 0 Å². The van der Waals surface area contributed by atoms with E-state index < -0.39 is 0 Å². The van der Waals surface area contributed by atoms with Gasteiger partial charge in [0, 0.05) is 4.88 Å². The summed E-state index contributed by atoms with van der Waals surface area (Å²) < 4.78 is 2.84. The third-order valence-corrected chi connectivity index (χ3v) is 3.84. The molecule has 0 aliphatic heterocycles. The number of nitrogen functional groups attached to an aromatic ring is 1. The van der Waals surface area contributed by atoms with Gasteiger partial charge in [-0.15, -0.1) is 11.3 Å². The second kappa shape index (κ2) is 3.90. The normalized spacial score (nSPS) is 10.7. The van der Waals surface area contributed by atoms with Gasteiger partial charge >= 0.3 is 0 Å². The van der Waals surface area contributed by atoms with Gasteiger partial charge in [0.25, 0.3) is 0 Å². The summed E-state index contributed by atoms with van der Waals surface area (Å²) in [6.07, 6.45) is 1.79. The average molecular weight is 319 g/mol. The largest absolute Gasteiger partial charge is 0.383 e. The first-order chi connectivity index (χ1) is 6.68. The van der Waals surface area contributed by atoms with E-state index in [2.05, 4.69) is 46.1 Å². The lowest BCUT2D eigenvalue weighted by molar-refractivity contribution is 0.696. The molecular formula is C9H10IN3S. The van der Waals surface area contributed by atoms with Crippen molar-refractivity contribution < 1.29 is 0 Å². The monoisotopic (exact) mass is 319 g/mol. The summed E-state index contributed by atoms with van der Waals surface area (Å²) in [5.41, 5.74) is 7.16. The molecule has 0 spiro atoms. The number of hydrogen-bond acceptors (Lipinski definition) is 3. The predicted octanol–water partition coefficient (Wildman–Crippen LogP) is 2.49. The topological polar surface area (TPSA) is 43.8 Å². The minimum absolute atomic E-state index is 0.746. The Morgan fingerprint density at radius 3 is 2.93 bits per heavy atom. The van der Waals surface area contributed by atoms with Crippen LogP contribution in [-0.4, -0.2) is 9.78 Å². The standard InChI is InChI=1S/C9H10IN3S/c1-6-7(2-3-14-6)5-13-9(11)8(10)4-12-13/h2-4H,5,11H2,1H3. The van der Waals surface area contributed by atoms with Crippen LogP contribution in [-0.2, 0) is 6.54 Å². The second-order valence-electron chi connectivity index (χ2n) is 3.04. The first-order valence-corrected chi connectivity index (χ1v) is 6.14. The molecule has 0 aliphatic carbocycles. The number of hydrogen-bond donors (Lipinski definition) is 1. The third kappa shape index (κ3) is 1.78. The van der Waals surface area contributed by atoms with Crippen LogP contribution in [0.4, 0.5) is 5.82 Å². The van der Waals surface area contributed by atoms with Crippen molar-refractivity contribution in [2.24, 2.45) is 0 Å². The lowest BCUT2D eigenvalue weighted by Gasteiger charge is -2.03. The van der Waals surface area contributed by atoms with Crippen LogP contribution in [0.2, 0.25) is 0 Å². The summed E-state index contributed by atoms with van der Waals surface area (Å²) in [5, 5.41) is 6.31. The van der Waals surface area contributed by atoms with Gasteiger partial charge in [-0.1, -0.05) is 0 Å². The van der Waals surface area contributed by atoms with Crippen molar-refractivity contribution >= 4 is 39.7 Å². The number of aryl methyl sites for hydroxylation is 1. The van der Waals surface area contributed by atoms with Gasteiger partial charge in [-0.05, 0) is 46.5 Å². The van der Waals surface area contributed by atoms with Gasteiger partial charge in [-0.2, -0.15) is 5.10 Å². The molecular weight excluding hydrogens is 309 g/mol. The Labute approximate surface area is 100 Å². The van der Waals surface area contributed by atoms with Crippen molar-refractivity contribution in [3.05, 3.63) is 31.7 Å². The molecule has 74 valence electrons. The molecule has 2 heterocycles. The van der Waals surface area contributed by atoms with Crippen molar-refractivity contribution in [1.82, 2.24) is 9.78 Å². The lowest BCUT2D eigenvalue weighted by atomic mass is 10.3. The lowest BCUT2D eigenvalue weighted by Crippen LogP contribution is -2.06. The smallest absolute Gasteiger partial charge is 0.135 e. The van der Waals surface area contributed by atoms with Crippen LogP contribution in [0.3, 0.4) is 0 Å². The summed E-state index contributed by atoms with van der Waals surface area (Å²) in [6, 6.07) is 2.12. The van der Waals surface area contributed by atoms with E-state index in [1.165, 1.54) is 10.4 Å². The highest BCUT2D eigenvalue weighted by atomic mass is 127. The number of rotatable bonds is 2. The number of halogens is 1. The van der Waals surface area contributed by atoms with Crippen molar-refractivity contribution in [2.45, 2.75) is 13.5 Å². The highest BCUT2D eigenvalue weighted by molar-refractivity contribution is 14.1. The first kappa shape index (κ1) is 9.97. The summed E-state index contributed by atoms with van der Waals surface area (Å²) in [5.74, 6) is 0.746. The number of aromatic nitrogens is 2. The van der Waals surface area contributed by atoms with Crippen molar-refractivity contribution in [1.29, 1.82) is 0 Å². The number of thiophene rings is 1. The molecule has 2 N–H and O–H groups in total. The Morgan fingerprint density at radius 1 is 1.64 bits per heavy atom. The molecule has 2 rings (SSSR count). The molecule has 2 aromatic heterocycles. The molecule has 0 atom stereocenters. The maximum absolute atomic E-state index is 5.87. The van der Waals surface area contributed by atoms with Gasteiger partial charge in [-0.3, -0.25) is 0 Å². The Balaban J connectivity index is 2.27. The van der Waals surface area contributed by atoms with Gasteiger partial charge in [0.1, 0.15) is 5.82 Å². The predicted molar refractivity (Wildman–Crippen MR) is 67.5 cm³/mol. The number of nitrogens with zero attached hydrogens (tertiary/aromatic N) is 2. The Bertz CT molecular complexity index is 447. The van der Waals surface area contributed by atoms with Gasteiger partial charge in [0.2, 0.25) is 0 Å². The molecule has 2 aromatic rings. The molecule has 14 heavy (non-hydrogen) atoms. The number of nitrogens with two attached hydrogens (primary N) is 1. The van der Waals surface area contributed by atoms with Gasteiger partial charge in [0.15, 0.2) is 0 Å². The van der Waals surface area contributed by atoms with Crippen LogP contribution in [0, 0.1) is 10.5 Å². The van der Waals surface area contributed by atoms with Crippen LogP contribution < -0.4 is 5.73 Å². The zero-order valence-corrected chi connectivity index (χ0v) is 10.7. The van der Waals surface area contributed by atoms with Crippen LogP contribution in [0.15, 0.2) is 17.6 Å². The first-order valence-electron chi connectivity index (χ1n) is 4.18. The van der Waals surface area contributed by atoms with E-state index in [0.29, 0.717) is 0 Å². The van der Waals surface area contributed by atoms with E-state index in [0.717, 1.165) is 15.9 Å².